The van der Waals surface area contributed by atoms with E-state index in [1.165, 1.54) is 0 Å². The lowest BCUT2D eigenvalue weighted by Crippen LogP contribution is -2.53. The van der Waals surface area contributed by atoms with Gasteiger partial charge in [-0.25, -0.2) is 4.98 Å². The normalized spacial score (nSPS) is 21.2. The third-order valence-electron chi connectivity index (χ3n) is 3.26. The number of rotatable bonds is 3. The molecule has 1 N–H and O–H groups in total. The van der Waals surface area contributed by atoms with Gasteiger partial charge in [-0.2, -0.15) is 0 Å². The van der Waals surface area contributed by atoms with Crippen LogP contribution in [0.25, 0.3) is 0 Å². The van der Waals surface area contributed by atoms with Crippen molar-refractivity contribution in [3.8, 4) is 0 Å². The van der Waals surface area contributed by atoms with Gasteiger partial charge in [0.25, 0.3) is 5.91 Å². The number of amides is 1. The molecule has 1 aliphatic rings. The Labute approximate surface area is 130 Å². The zero-order valence-corrected chi connectivity index (χ0v) is 13.7. The number of anilines is 1. The van der Waals surface area contributed by atoms with Crippen LogP contribution in [0.1, 0.15) is 38.1 Å². The molecule has 0 spiro atoms. The summed E-state index contributed by atoms with van der Waals surface area (Å²) in [6, 6.07) is 3.35. The molecule has 1 aromatic heterocycles. The largest absolute Gasteiger partial charge is 0.370 e. The molecule has 0 bridgehead atoms. The molecule has 1 aromatic rings. The lowest BCUT2D eigenvalue weighted by Gasteiger charge is -2.41. The van der Waals surface area contributed by atoms with Crippen molar-refractivity contribution >= 4 is 23.3 Å². The number of nitrogens with one attached hydrogen (secondary N) is 1. The summed E-state index contributed by atoms with van der Waals surface area (Å²) in [6.07, 6.45) is 0.0169. The third kappa shape index (κ3) is 4.08. The van der Waals surface area contributed by atoms with Crippen LogP contribution >= 0.6 is 11.6 Å². The van der Waals surface area contributed by atoms with Gasteiger partial charge in [0.1, 0.15) is 11.0 Å². The molecule has 1 atom stereocenters. The number of nitrogens with zero attached hydrogens (tertiary/aromatic N) is 2. The minimum absolute atomic E-state index is 0.0169. The van der Waals surface area contributed by atoms with Gasteiger partial charge in [-0.1, -0.05) is 11.6 Å². The molecule has 1 fully saturated rings. The molecule has 2 rings (SSSR count). The topological polar surface area (TPSA) is 54.5 Å². The van der Waals surface area contributed by atoms with E-state index in [2.05, 4.69) is 10.3 Å². The minimum Gasteiger partial charge on any atom is -0.370 e. The van der Waals surface area contributed by atoms with Crippen molar-refractivity contribution in [2.24, 2.45) is 0 Å². The maximum Gasteiger partial charge on any atom is 0.254 e. The predicted molar refractivity (Wildman–Crippen MR) is 83.9 cm³/mol. The summed E-state index contributed by atoms with van der Waals surface area (Å²) in [4.78, 5) is 18.7. The zero-order chi connectivity index (χ0) is 15.6. The van der Waals surface area contributed by atoms with E-state index in [0.29, 0.717) is 29.6 Å². The van der Waals surface area contributed by atoms with Gasteiger partial charge in [0.15, 0.2) is 0 Å². The predicted octanol–water partition coefficient (Wildman–Crippen LogP) is 2.81. The number of aromatic nitrogens is 1. The Morgan fingerprint density at radius 1 is 1.57 bits per heavy atom. The van der Waals surface area contributed by atoms with Crippen molar-refractivity contribution in [2.75, 3.05) is 25.0 Å². The highest BCUT2D eigenvalue weighted by Gasteiger charge is 2.34. The highest BCUT2D eigenvalue weighted by molar-refractivity contribution is 6.29. The Balaban J connectivity index is 2.23. The van der Waals surface area contributed by atoms with Crippen LogP contribution in [0.5, 0.6) is 0 Å². The van der Waals surface area contributed by atoms with Crippen LogP contribution in [0.15, 0.2) is 12.1 Å². The van der Waals surface area contributed by atoms with Crippen LogP contribution in [0.4, 0.5) is 5.82 Å². The van der Waals surface area contributed by atoms with Crippen LogP contribution < -0.4 is 5.32 Å². The van der Waals surface area contributed by atoms with E-state index < -0.39 is 0 Å². The number of hydrogen-bond donors (Lipinski definition) is 1. The molecule has 0 saturated carbocycles. The molecule has 0 aromatic carbocycles. The average Bonchev–Trinajstić information content (AvgIpc) is 2.35. The molecule has 1 saturated heterocycles. The van der Waals surface area contributed by atoms with E-state index >= 15 is 0 Å². The first kappa shape index (κ1) is 16.0. The molecule has 21 heavy (non-hydrogen) atoms. The fourth-order valence-corrected chi connectivity index (χ4v) is 2.89. The van der Waals surface area contributed by atoms with Crippen molar-refractivity contribution < 1.29 is 9.53 Å². The molecule has 5 nitrogen and oxygen atoms in total. The minimum atomic E-state index is -0.339. The molecule has 6 heteroatoms. The first-order valence-corrected chi connectivity index (χ1v) is 7.57. The van der Waals surface area contributed by atoms with E-state index in [1.807, 2.05) is 32.6 Å². The number of morpholine rings is 1. The quantitative estimate of drug-likeness (QED) is 0.872. The molecule has 0 aliphatic carbocycles. The second-order valence-electron chi connectivity index (χ2n) is 5.97. The highest BCUT2D eigenvalue weighted by atomic mass is 35.5. The standard InChI is InChI=1S/C15H22ClN3O2/c1-5-17-13-7-11(6-12(16)18-13)14(20)19-8-10(2)21-15(3,4)9-19/h6-7,10H,5,8-9H2,1-4H3,(H,17,18). The fourth-order valence-electron chi connectivity index (χ4n) is 2.68. The maximum atomic E-state index is 12.7. The summed E-state index contributed by atoms with van der Waals surface area (Å²) in [6.45, 7) is 9.80. The van der Waals surface area contributed by atoms with Crippen molar-refractivity contribution in [2.45, 2.75) is 39.4 Å². The summed E-state index contributed by atoms with van der Waals surface area (Å²) < 4.78 is 5.83. The SMILES string of the molecule is CCNc1cc(C(=O)N2CC(C)OC(C)(C)C2)cc(Cl)n1. The Morgan fingerprint density at radius 2 is 2.29 bits per heavy atom. The number of halogens is 1. The summed E-state index contributed by atoms with van der Waals surface area (Å²) in [5.74, 6) is 0.579. The maximum absolute atomic E-state index is 12.7. The third-order valence-corrected chi connectivity index (χ3v) is 3.45. The van der Waals surface area contributed by atoms with Gasteiger partial charge < -0.3 is 15.0 Å². The van der Waals surface area contributed by atoms with Crippen LogP contribution in [-0.4, -0.2) is 47.1 Å². The molecule has 2 heterocycles. The Kier molecular flexibility index (Phi) is 4.74. The second kappa shape index (κ2) is 6.20. The summed E-state index contributed by atoms with van der Waals surface area (Å²) in [5.41, 5.74) is 0.213. The van der Waals surface area contributed by atoms with E-state index in [4.69, 9.17) is 16.3 Å². The van der Waals surface area contributed by atoms with Gasteiger partial charge in [0, 0.05) is 25.2 Å². The Hall–Kier alpha value is -1.33. The van der Waals surface area contributed by atoms with Crippen LogP contribution in [0, 0.1) is 0 Å². The zero-order valence-electron chi connectivity index (χ0n) is 12.9. The first-order valence-electron chi connectivity index (χ1n) is 7.19. The van der Waals surface area contributed by atoms with E-state index in [-0.39, 0.29) is 17.6 Å². The number of pyridine rings is 1. The van der Waals surface area contributed by atoms with E-state index in [0.717, 1.165) is 6.54 Å². The average molecular weight is 312 g/mol. The van der Waals surface area contributed by atoms with Gasteiger partial charge in [0.2, 0.25) is 0 Å². The van der Waals surface area contributed by atoms with E-state index in [1.54, 1.807) is 12.1 Å². The second-order valence-corrected chi connectivity index (χ2v) is 6.36. The molecule has 1 unspecified atom stereocenters. The molecule has 0 radical (unpaired) electrons. The van der Waals surface area contributed by atoms with Crippen molar-refractivity contribution in [1.82, 2.24) is 9.88 Å². The summed E-state index contributed by atoms with van der Waals surface area (Å²) in [5, 5.41) is 3.40. The van der Waals surface area contributed by atoms with Gasteiger partial charge in [0.05, 0.1) is 11.7 Å². The first-order chi connectivity index (χ1) is 9.80. The monoisotopic (exact) mass is 311 g/mol. The van der Waals surface area contributed by atoms with Crippen molar-refractivity contribution in [3.05, 3.63) is 22.8 Å². The van der Waals surface area contributed by atoms with Gasteiger partial charge in [-0.3, -0.25) is 4.79 Å². The fraction of sp³-hybridized carbons (Fsp3) is 0.600. The van der Waals surface area contributed by atoms with Gasteiger partial charge in [-0.05, 0) is 39.8 Å². The summed E-state index contributed by atoms with van der Waals surface area (Å²) in [7, 11) is 0. The molecular weight excluding hydrogens is 290 g/mol. The van der Waals surface area contributed by atoms with Crippen LogP contribution in [0.2, 0.25) is 5.15 Å². The van der Waals surface area contributed by atoms with Gasteiger partial charge >= 0.3 is 0 Å². The Bertz CT molecular complexity index is 534. The van der Waals surface area contributed by atoms with Gasteiger partial charge in [-0.15, -0.1) is 0 Å². The number of carbonyl (C=O) groups excluding carboxylic acids is 1. The molecule has 1 amide bonds. The van der Waals surface area contributed by atoms with E-state index in [9.17, 15) is 4.79 Å². The summed E-state index contributed by atoms with van der Waals surface area (Å²) >= 11 is 6.01. The lowest BCUT2D eigenvalue weighted by molar-refractivity contribution is -0.118. The number of ether oxygens (including phenoxy) is 1. The van der Waals surface area contributed by atoms with Crippen molar-refractivity contribution in [3.63, 3.8) is 0 Å². The number of hydrogen-bond acceptors (Lipinski definition) is 4. The van der Waals surface area contributed by atoms with Crippen LogP contribution in [0.3, 0.4) is 0 Å². The Morgan fingerprint density at radius 3 is 2.90 bits per heavy atom. The smallest absolute Gasteiger partial charge is 0.254 e. The highest BCUT2D eigenvalue weighted by Crippen LogP contribution is 2.23. The molecule has 116 valence electrons. The lowest BCUT2D eigenvalue weighted by atomic mass is 10.0. The van der Waals surface area contributed by atoms with Crippen LogP contribution in [-0.2, 0) is 4.74 Å². The van der Waals surface area contributed by atoms with Crippen molar-refractivity contribution in [1.29, 1.82) is 0 Å². The molecule has 1 aliphatic heterocycles. The molecular formula is C15H22ClN3O2. The number of carbonyl (C=O) groups is 1.